The Hall–Kier alpha value is -2.04. The van der Waals surface area contributed by atoms with E-state index in [1.54, 1.807) is 18.9 Å². The molecule has 5 nitrogen and oxygen atoms in total. The molecule has 5 heteroatoms. The third kappa shape index (κ3) is 2.67. The summed E-state index contributed by atoms with van der Waals surface area (Å²) >= 11 is 0. The van der Waals surface area contributed by atoms with Gasteiger partial charge in [0.1, 0.15) is 5.75 Å². The predicted molar refractivity (Wildman–Crippen MR) is 83.0 cm³/mol. The maximum atomic E-state index is 12.9. The molecule has 0 saturated carbocycles. The molecule has 120 valence electrons. The molecule has 1 N–H and O–H groups in total. The van der Waals surface area contributed by atoms with Gasteiger partial charge < -0.3 is 14.7 Å². The topological polar surface area (TPSA) is 66.8 Å². The zero-order valence-electron chi connectivity index (χ0n) is 13.5. The quantitative estimate of drug-likeness (QED) is 0.927. The molecule has 1 unspecified atom stereocenters. The zero-order chi connectivity index (χ0) is 16.5. The Bertz CT molecular complexity index is 596. The van der Waals surface area contributed by atoms with Gasteiger partial charge >= 0.3 is 5.97 Å². The number of ether oxygens (including phenoxy) is 1. The van der Waals surface area contributed by atoms with Gasteiger partial charge in [-0.3, -0.25) is 9.59 Å². The number of hydrogen-bond acceptors (Lipinski definition) is 3. The molecular weight excluding hydrogens is 282 g/mol. The van der Waals surface area contributed by atoms with Crippen LogP contribution in [0, 0.1) is 5.41 Å². The van der Waals surface area contributed by atoms with Gasteiger partial charge in [0.05, 0.1) is 17.9 Å². The molecule has 0 radical (unpaired) electrons. The standard InChI is InChI=1S/C17H23NO4/c1-16(2,12-7-5-6-8-13(12)22-4)14(19)18-10-9-17(3,11-18)15(20)21/h5-8H,9-11H2,1-4H3,(H,20,21). The predicted octanol–water partition coefficient (Wildman–Crippen LogP) is 2.30. The number of aliphatic carboxylic acids is 1. The molecule has 0 spiro atoms. The van der Waals surface area contributed by atoms with Crippen LogP contribution in [0.1, 0.15) is 32.8 Å². The van der Waals surface area contributed by atoms with Gasteiger partial charge in [0.2, 0.25) is 5.91 Å². The fourth-order valence-electron chi connectivity index (χ4n) is 2.98. The van der Waals surface area contributed by atoms with Crippen molar-refractivity contribution in [3.05, 3.63) is 29.8 Å². The fourth-order valence-corrected chi connectivity index (χ4v) is 2.98. The number of para-hydroxylation sites is 1. The van der Waals surface area contributed by atoms with Crippen molar-refractivity contribution in [2.75, 3.05) is 20.2 Å². The number of hydrogen-bond donors (Lipinski definition) is 1. The summed E-state index contributed by atoms with van der Waals surface area (Å²) in [6.45, 7) is 6.12. The Morgan fingerprint density at radius 2 is 1.95 bits per heavy atom. The van der Waals surface area contributed by atoms with Gasteiger partial charge in [0.15, 0.2) is 0 Å². The maximum Gasteiger partial charge on any atom is 0.311 e. The Balaban J connectivity index is 2.27. The number of likely N-dealkylation sites (tertiary alicyclic amines) is 1. The first kappa shape index (κ1) is 16.3. The van der Waals surface area contributed by atoms with Crippen LogP contribution in [0.3, 0.4) is 0 Å². The molecule has 1 fully saturated rings. The summed E-state index contributed by atoms with van der Waals surface area (Å²) in [4.78, 5) is 25.9. The molecule has 1 amide bonds. The highest BCUT2D eigenvalue weighted by Gasteiger charge is 2.45. The lowest BCUT2D eigenvalue weighted by Gasteiger charge is -2.31. The van der Waals surface area contributed by atoms with Crippen LogP contribution in [-0.4, -0.2) is 42.1 Å². The normalized spacial score (nSPS) is 21.7. The van der Waals surface area contributed by atoms with Gasteiger partial charge in [-0.25, -0.2) is 0 Å². The molecule has 22 heavy (non-hydrogen) atoms. The van der Waals surface area contributed by atoms with Gasteiger partial charge in [-0.1, -0.05) is 18.2 Å². The minimum Gasteiger partial charge on any atom is -0.496 e. The third-order valence-corrected chi connectivity index (χ3v) is 4.59. The molecule has 1 heterocycles. The Morgan fingerprint density at radius 3 is 2.50 bits per heavy atom. The number of nitrogens with zero attached hydrogens (tertiary/aromatic N) is 1. The van der Waals surface area contributed by atoms with E-state index in [0.29, 0.717) is 18.7 Å². The van der Waals surface area contributed by atoms with Gasteiger partial charge in [0, 0.05) is 18.7 Å². The number of carbonyl (C=O) groups is 2. The molecule has 1 atom stereocenters. The van der Waals surface area contributed by atoms with Crippen LogP contribution < -0.4 is 4.74 Å². The second-order valence-electron chi connectivity index (χ2n) is 6.67. The Morgan fingerprint density at radius 1 is 1.32 bits per heavy atom. The molecule has 2 rings (SSSR count). The first-order valence-corrected chi connectivity index (χ1v) is 7.38. The van der Waals surface area contributed by atoms with Gasteiger partial charge in [-0.05, 0) is 33.3 Å². The Labute approximate surface area is 130 Å². The van der Waals surface area contributed by atoms with Crippen molar-refractivity contribution < 1.29 is 19.4 Å². The molecule has 1 aliphatic heterocycles. The first-order valence-electron chi connectivity index (χ1n) is 7.38. The minimum atomic E-state index is -0.855. The smallest absolute Gasteiger partial charge is 0.311 e. The monoisotopic (exact) mass is 305 g/mol. The molecule has 1 aliphatic rings. The van der Waals surface area contributed by atoms with Crippen LogP contribution in [0.4, 0.5) is 0 Å². The number of carbonyl (C=O) groups excluding carboxylic acids is 1. The van der Waals surface area contributed by atoms with E-state index in [2.05, 4.69) is 0 Å². The first-order chi connectivity index (χ1) is 10.2. The van der Waals surface area contributed by atoms with Crippen molar-refractivity contribution >= 4 is 11.9 Å². The second kappa shape index (κ2) is 5.63. The summed E-state index contributed by atoms with van der Waals surface area (Å²) in [5.41, 5.74) is -0.811. The molecular formula is C17H23NO4. The lowest BCUT2D eigenvalue weighted by atomic mass is 9.82. The molecule has 1 aromatic carbocycles. The van der Waals surface area contributed by atoms with E-state index in [9.17, 15) is 14.7 Å². The van der Waals surface area contributed by atoms with Crippen LogP contribution in [0.2, 0.25) is 0 Å². The van der Waals surface area contributed by atoms with E-state index in [-0.39, 0.29) is 12.5 Å². The average molecular weight is 305 g/mol. The van der Waals surface area contributed by atoms with Crippen LogP contribution >= 0.6 is 0 Å². The number of benzene rings is 1. The molecule has 1 aromatic rings. The molecule has 0 aliphatic carbocycles. The number of carboxylic acid groups (broad SMARTS) is 1. The van der Waals surface area contributed by atoms with E-state index in [0.717, 1.165) is 5.56 Å². The van der Waals surface area contributed by atoms with E-state index in [4.69, 9.17) is 4.74 Å². The molecule has 0 aromatic heterocycles. The average Bonchev–Trinajstić information content (AvgIpc) is 2.90. The van der Waals surface area contributed by atoms with Crippen LogP contribution in [0.25, 0.3) is 0 Å². The summed E-state index contributed by atoms with van der Waals surface area (Å²) in [5.74, 6) is -0.249. The van der Waals surface area contributed by atoms with Gasteiger partial charge in [-0.2, -0.15) is 0 Å². The lowest BCUT2D eigenvalue weighted by Crippen LogP contribution is -2.44. The highest BCUT2D eigenvalue weighted by Crippen LogP contribution is 2.37. The van der Waals surface area contributed by atoms with E-state index < -0.39 is 16.8 Å². The number of methoxy groups -OCH3 is 1. The largest absolute Gasteiger partial charge is 0.496 e. The van der Waals surface area contributed by atoms with Crippen molar-refractivity contribution in [1.29, 1.82) is 0 Å². The number of amides is 1. The minimum absolute atomic E-state index is 0.0676. The SMILES string of the molecule is COc1ccccc1C(C)(C)C(=O)N1CCC(C)(C(=O)O)C1. The van der Waals surface area contributed by atoms with Crippen molar-refractivity contribution in [2.45, 2.75) is 32.6 Å². The van der Waals surface area contributed by atoms with Gasteiger partial charge in [0.25, 0.3) is 0 Å². The van der Waals surface area contributed by atoms with Crippen LogP contribution in [0.5, 0.6) is 5.75 Å². The van der Waals surface area contributed by atoms with E-state index in [1.165, 1.54) is 0 Å². The number of rotatable bonds is 4. The molecule has 0 bridgehead atoms. The highest BCUT2D eigenvalue weighted by molar-refractivity contribution is 5.89. The Kier molecular flexibility index (Phi) is 4.18. The fraction of sp³-hybridized carbons (Fsp3) is 0.529. The van der Waals surface area contributed by atoms with Crippen molar-refractivity contribution in [3.63, 3.8) is 0 Å². The van der Waals surface area contributed by atoms with Crippen molar-refractivity contribution in [3.8, 4) is 5.75 Å². The van der Waals surface area contributed by atoms with Crippen molar-refractivity contribution in [2.24, 2.45) is 5.41 Å². The van der Waals surface area contributed by atoms with Crippen molar-refractivity contribution in [1.82, 2.24) is 4.90 Å². The van der Waals surface area contributed by atoms with E-state index in [1.807, 2.05) is 38.1 Å². The summed E-state index contributed by atoms with van der Waals surface area (Å²) in [6, 6.07) is 7.44. The second-order valence-corrected chi connectivity index (χ2v) is 6.67. The third-order valence-electron chi connectivity index (χ3n) is 4.59. The van der Waals surface area contributed by atoms with Crippen LogP contribution in [-0.2, 0) is 15.0 Å². The van der Waals surface area contributed by atoms with Gasteiger partial charge in [-0.15, -0.1) is 0 Å². The highest BCUT2D eigenvalue weighted by atomic mass is 16.5. The van der Waals surface area contributed by atoms with Crippen LogP contribution in [0.15, 0.2) is 24.3 Å². The summed E-state index contributed by atoms with van der Waals surface area (Å²) in [6.07, 6.45) is 0.482. The number of carboxylic acids is 1. The summed E-state index contributed by atoms with van der Waals surface area (Å²) < 4.78 is 5.36. The summed E-state index contributed by atoms with van der Waals surface area (Å²) in [5, 5.41) is 9.32. The maximum absolute atomic E-state index is 12.9. The lowest BCUT2D eigenvalue weighted by molar-refractivity contribution is -0.147. The molecule has 1 saturated heterocycles. The zero-order valence-corrected chi connectivity index (χ0v) is 13.5. The van der Waals surface area contributed by atoms with E-state index >= 15 is 0 Å². The summed E-state index contributed by atoms with van der Waals surface area (Å²) in [7, 11) is 1.58.